The molecule has 0 aromatic heterocycles. The van der Waals surface area contributed by atoms with Crippen molar-refractivity contribution in [3.63, 3.8) is 0 Å². The van der Waals surface area contributed by atoms with Gasteiger partial charge in [0.1, 0.15) is 17.7 Å². The number of ether oxygens (including phenoxy) is 1. The summed E-state index contributed by atoms with van der Waals surface area (Å²) in [7, 11) is 0. The van der Waals surface area contributed by atoms with Crippen molar-refractivity contribution in [2.45, 2.75) is 105 Å². The fourth-order valence-electron chi connectivity index (χ4n) is 4.69. The molecule has 0 spiro atoms. The number of carbonyl (C=O) groups excluding carboxylic acids is 3. The number of nitrogens with one attached hydrogen (secondary N) is 2. The summed E-state index contributed by atoms with van der Waals surface area (Å²) in [6.45, 7) is 12.8. The van der Waals surface area contributed by atoms with E-state index in [1.165, 1.54) is 4.90 Å². The first-order chi connectivity index (χ1) is 19.4. The fourth-order valence-corrected chi connectivity index (χ4v) is 4.69. The normalized spacial score (nSPS) is 12.8. The second-order valence-corrected chi connectivity index (χ2v) is 11.8. The topological polar surface area (TPSA) is 108 Å². The zero-order valence-corrected chi connectivity index (χ0v) is 25.9. The largest absolute Gasteiger partial charge is 0.444 e. The van der Waals surface area contributed by atoms with Gasteiger partial charge in [-0.1, -0.05) is 87.1 Å². The number of amides is 3. The van der Waals surface area contributed by atoms with Crippen LogP contribution in [0.2, 0.25) is 0 Å². The highest BCUT2D eigenvalue weighted by atomic mass is 16.6. The second-order valence-electron chi connectivity index (χ2n) is 11.8. The maximum atomic E-state index is 14.1. The highest BCUT2D eigenvalue weighted by Gasteiger charge is 2.36. The van der Waals surface area contributed by atoms with E-state index >= 15 is 0 Å². The van der Waals surface area contributed by atoms with Gasteiger partial charge in [-0.3, -0.25) is 9.59 Å². The number of aliphatic hydroxyl groups is 1. The quantitative estimate of drug-likeness (QED) is 0.230. The lowest BCUT2D eigenvalue weighted by Gasteiger charge is -2.34. The Kier molecular flexibility index (Phi) is 13.3. The molecule has 0 aliphatic heterocycles. The van der Waals surface area contributed by atoms with Crippen molar-refractivity contribution in [1.82, 2.24) is 10.2 Å². The Balaban J connectivity index is 2.47. The van der Waals surface area contributed by atoms with Gasteiger partial charge < -0.3 is 25.4 Å². The van der Waals surface area contributed by atoms with Gasteiger partial charge in [-0.15, -0.1) is 0 Å². The van der Waals surface area contributed by atoms with E-state index in [2.05, 4.69) is 17.6 Å². The van der Waals surface area contributed by atoms with Gasteiger partial charge in [0, 0.05) is 12.2 Å². The van der Waals surface area contributed by atoms with Crippen LogP contribution in [0, 0.1) is 20.8 Å². The van der Waals surface area contributed by atoms with E-state index in [9.17, 15) is 19.5 Å². The molecule has 2 aromatic carbocycles. The summed E-state index contributed by atoms with van der Waals surface area (Å²) in [4.78, 5) is 42.1. The molecule has 0 heterocycles. The summed E-state index contributed by atoms with van der Waals surface area (Å²) < 4.78 is 5.34. The summed E-state index contributed by atoms with van der Waals surface area (Å²) >= 11 is 0. The summed E-state index contributed by atoms with van der Waals surface area (Å²) in [6.07, 6.45) is 5.19. The van der Waals surface area contributed by atoms with Crippen molar-refractivity contribution in [2.75, 3.05) is 18.5 Å². The molecule has 2 aromatic rings. The lowest BCUT2D eigenvalue weighted by molar-refractivity contribution is -0.141. The number of benzene rings is 2. The second kappa shape index (κ2) is 16.2. The third-order valence-electron chi connectivity index (χ3n) is 6.89. The lowest BCUT2D eigenvalue weighted by Crippen LogP contribution is -2.54. The van der Waals surface area contributed by atoms with E-state index in [0.29, 0.717) is 17.7 Å². The Morgan fingerprint density at radius 3 is 2.05 bits per heavy atom. The molecule has 0 radical (unpaired) electrons. The average molecular weight is 568 g/mol. The maximum absolute atomic E-state index is 14.1. The minimum atomic E-state index is -1.27. The Morgan fingerprint density at radius 2 is 1.49 bits per heavy atom. The van der Waals surface area contributed by atoms with Crippen molar-refractivity contribution in [1.29, 1.82) is 0 Å². The molecular weight excluding hydrogens is 518 g/mol. The number of aliphatic hydroxyl groups excluding tert-OH is 1. The van der Waals surface area contributed by atoms with Gasteiger partial charge in [0.2, 0.25) is 5.91 Å². The van der Waals surface area contributed by atoms with Crippen LogP contribution in [0.25, 0.3) is 0 Å². The number of aryl methyl sites for hydroxylation is 3. The highest BCUT2D eigenvalue weighted by molar-refractivity contribution is 5.99. The van der Waals surface area contributed by atoms with E-state index in [1.807, 2.05) is 63.2 Å². The van der Waals surface area contributed by atoms with Crippen molar-refractivity contribution in [2.24, 2.45) is 0 Å². The van der Waals surface area contributed by atoms with Crippen LogP contribution < -0.4 is 10.6 Å². The predicted octanol–water partition coefficient (Wildman–Crippen LogP) is 6.37. The lowest BCUT2D eigenvalue weighted by atomic mass is 10.00. The van der Waals surface area contributed by atoms with Gasteiger partial charge in [0.15, 0.2) is 0 Å². The van der Waals surface area contributed by atoms with Crippen molar-refractivity contribution in [3.8, 4) is 0 Å². The SMILES string of the molecule is CCCCCCCCN(C(=O)C(CO)NC(=O)OC(C)(C)C)C(C(=O)Nc1c(C)cccc1C)c1ccc(C)cc1. The molecule has 2 rings (SSSR count). The van der Waals surface area contributed by atoms with Gasteiger partial charge in [-0.05, 0) is 64.7 Å². The molecular formula is C33H49N3O5. The minimum absolute atomic E-state index is 0.288. The van der Waals surface area contributed by atoms with Gasteiger partial charge in [-0.2, -0.15) is 0 Å². The van der Waals surface area contributed by atoms with Crippen LogP contribution in [0.3, 0.4) is 0 Å². The van der Waals surface area contributed by atoms with Crippen LogP contribution in [0.4, 0.5) is 10.5 Å². The molecule has 3 N–H and O–H groups in total. The highest BCUT2D eigenvalue weighted by Crippen LogP contribution is 2.28. The molecule has 0 saturated heterocycles. The molecule has 3 amide bonds. The number of alkyl carbamates (subject to hydrolysis) is 1. The summed E-state index contributed by atoms with van der Waals surface area (Å²) in [5.74, 6) is -0.909. The Bertz CT molecular complexity index is 1120. The van der Waals surface area contributed by atoms with Crippen LogP contribution in [-0.4, -0.2) is 52.7 Å². The summed E-state index contributed by atoms with van der Waals surface area (Å²) in [5.41, 5.74) is 3.42. The van der Waals surface area contributed by atoms with Gasteiger partial charge >= 0.3 is 6.09 Å². The molecule has 8 heteroatoms. The molecule has 2 unspecified atom stereocenters. The Morgan fingerprint density at radius 1 is 0.902 bits per heavy atom. The standard InChI is InChI=1S/C33H49N3O5/c1-8-9-10-11-12-13-21-36(31(39)27(22-37)34-32(40)41-33(5,6)7)29(26-19-17-23(2)18-20-26)30(38)35-28-24(3)15-14-16-25(28)4/h14-20,27,29,37H,8-13,21-22H2,1-7H3,(H,34,40)(H,35,38). The number of nitrogens with zero attached hydrogens (tertiary/aromatic N) is 1. The summed E-state index contributed by atoms with van der Waals surface area (Å²) in [5, 5.41) is 15.8. The summed E-state index contributed by atoms with van der Waals surface area (Å²) in [6, 6.07) is 11.0. The molecule has 0 bridgehead atoms. The van der Waals surface area contributed by atoms with Crippen LogP contribution in [0.5, 0.6) is 0 Å². The Hall–Kier alpha value is -3.39. The first-order valence-electron chi connectivity index (χ1n) is 14.7. The van der Waals surface area contributed by atoms with Gasteiger partial charge in [-0.25, -0.2) is 4.79 Å². The van der Waals surface area contributed by atoms with Crippen molar-refractivity contribution < 1.29 is 24.2 Å². The molecule has 0 aliphatic rings. The van der Waals surface area contributed by atoms with E-state index in [0.717, 1.165) is 48.8 Å². The van der Waals surface area contributed by atoms with Crippen LogP contribution in [0.1, 0.15) is 94.5 Å². The van der Waals surface area contributed by atoms with Crippen molar-refractivity contribution in [3.05, 3.63) is 64.7 Å². The first-order valence-corrected chi connectivity index (χ1v) is 14.7. The maximum Gasteiger partial charge on any atom is 0.408 e. The zero-order valence-electron chi connectivity index (χ0n) is 25.9. The number of hydrogen-bond acceptors (Lipinski definition) is 5. The zero-order chi connectivity index (χ0) is 30.6. The Labute approximate surface area is 245 Å². The van der Waals surface area contributed by atoms with Crippen LogP contribution in [-0.2, 0) is 14.3 Å². The number of rotatable bonds is 14. The minimum Gasteiger partial charge on any atom is -0.444 e. The van der Waals surface area contributed by atoms with Crippen LogP contribution in [0.15, 0.2) is 42.5 Å². The van der Waals surface area contributed by atoms with Crippen LogP contribution >= 0.6 is 0 Å². The van der Waals surface area contributed by atoms with E-state index in [4.69, 9.17) is 4.74 Å². The molecule has 2 atom stereocenters. The fraction of sp³-hybridized carbons (Fsp3) is 0.545. The number of hydrogen-bond donors (Lipinski definition) is 3. The molecule has 8 nitrogen and oxygen atoms in total. The predicted molar refractivity (Wildman–Crippen MR) is 164 cm³/mol. The van der Waals surface area contributed by atoms with Crippen molar-refractivity contribution >= 4 is 23.6 Å². The molecule has 0 saturated carbocycles. The number of anilines is 1. The number of para-hydroxylation sites is 1. The molecule has 0 aliphatic carbocycles. The monoisotopic (exact) mass is 567 g/mol. The first kappa shape index (κ1) is 33.8. The third-order valence-corrected chi connectivity index (χ3v) is 6.89. The van der Waals surface area contributed by atoms with E-state index in [1.54, 1.807) is 20.8 Å². The molecule has 0 fully saturated rings. The van der Waals surface area contributed by atoms with E-state index in [-0.39, 0.29) is 12.5 Å². The smallest absolute Gasteiger partial charge is 0.408 e. The third kappa shape index (κ3) is 10.8. The number of carbonyl (C=O) groups is 3. The van der Waals surface area contributed by atoms with Gasteiger partial charge in [0.05, 0.1) is 6.61 Å². The average Bonchev–Trinajstić information content (AvgIpc) is 2.90. The van der Waals surface area contributed by atoms with Gasteiger partial charge in [0.25, 0.3) is 5.91 Å². The molecule has 226 valence electrons. The number of unbranched alkanes of at least 4 members (excludes halogenated alkanes) is 5. The molecule has 41 heavy (non-hydrogen) atoms. The van der Waals surface area contributed by atoms with E-state index < -0.39 is 36.3 Å².